The van der Waals surface area contributed by atoms with Crippen molar-refractivity contribution < 1.29 is 0 Å². The fourth-order valence-electron chi connectivity index (χ4n) is 1.99. The maximum Gasteiger partial charge on any atom is 0.0701 e. The van der Waals surface area contributed by atoms with Gasteiger partial charge in [0.15, 0.2) is 0 Å². The summed E-state index contributed by atoms with van der Waals surface area (Å²) in [5.41, 5.74) is 0. The van der Waals surface area contributed by atoms with Crippen molar-refractivity contribution in [3.63, 3.8) is 0 Å². The monoisotopic (exact) mass is 351 g/mol. The van der Waals surface area contributed by atoms with Gasteiger partial charge in [-0.1, -0.05) is 15.9 Å². The number of rotatable bonds is 2. The van der Waals surface area contributed by atoms with E-state index < -0.39 is 0 Å². The Labute approximate surface area is 112 Å². The minimum atomic E-state index is 0.678. The first-order chi connectivity index (χ1) is 7.15. The van der Waals surface area contributed by atoms with Gasteiger partial charge in [0.25, 0.3) is 0 Å². The van der Waals surface area contributed by atoms with E-state index in [-0.39, 0.29) is 0 Å². The minimum Gasteiger partial charge on any atom is -0.294 e. The van der Waals surface area contributed by atoms with Crippen LogP contribution in [0.5, 0.6) is 0 Å². The predicted molar refractivity (Wildman–Crippen MR) is 73.8 cm³/mol. The highest BCUT2D eigenvalue weighted by atomic mass is 79.9. The van der Waals surface area contributed by atoms with E-state index in [1.165, 1.54) is 28.0 Å². The molecule has 0 amide bonds. The first-order valence-corrected chi connectivity index (χ1v) is 7.80. The second kappa shape index (κ2) is 5.30. The quantitative estimate of drug-likeness (QED) is 0.719. The highest BCUT2D eigenvalue weighted by molar-refractivity contribution is 9.11. The van der Waals surface area contributed by atoms with Gasteiger partial charge in [0, 0.05) is 28.8 Å². The SMILES string of the molecule is CC1CCC(Br)CN1Cc1ccc(Br)s1. The Kier molecular flexibility index (Phi) is 4.27. The predicted octanol–water partition coefficient (Wildman–Crippen LogP) is 4.26. The van der Waals surface area contributed by atoms with Gasteiger partial charge in [-0.15, -0.1) is 11.3 Å². The molecular weight excluding hydrogens is 338 g/mol. The number of thiophene rings is 1. The van der Waals surface area contributed by atoms with Crippen LogP contribution < -0.4 is 0 Å². The van der Waals surface area contributed by atoms with Gasteiger partial charge >= 0.3 is 0 Å². The van der Waals surface area contributed by atoms with Crippen molar-refractivity contribution in [3.05, 3.63) is 20.8 Å². The first-order valence-electron chi connectivity index (χ1n) is 5.27. The van der Waals surface area contributed by atoms with Crippen LogP contribution in [0, 0.1) is 0 Å². The molecule has 1 nitrogen and oxygen atoms in total. The van der Waals surface area contributed by atoms with Crippen LogP contribution in [0.15, 0.2) is 15.9 Å². The molecule has 2 rings (SSSR count). The molecule has 1 aliphatic heterocycles. The summed E-state index contributed by atoms with van der Waals surface area (Å²) in [5.74, 6) is 0. The standard InChI is InChI=1S/C11H15Br2NS/c1-8-2-3-9(12)6-14(8)7-10-4-5-11(13)15-10/h4-5,8-9H,2-3,6-7H2,1H3. The van der Waals surface area contributed by atoms with Gasteiger partial charge in [-0.3, -0.25) is 4.90 Å². The zero-order valence-electron chi connectivity index (χ0n) is 8.75. The summed E-state index contributed by atoms with van der Waals surface area (Å²) in [7, 11) is 0. The minimum absolute atomic E-state index is 0.678. The number of hydrogen-bond donors (Lipinski definition) is 0. The van der Waals surface area contributed by atoms with Crippen LogP contribution in [0.3, 0.4) is 0 Å². The number of piperidine rings is 1. The van der Waals surface area contributed by atoms with Gasteiger partial charge in [0.2, 0.25) is 0 Å². The molecule has 0 saturated carbocycles. The van der Waals surface area contributed by atoms with Crippen molar-refractivity contribution in [1.82, 2.24) is 4.90 Å². The summed E-state index contributed by atoms with van der Waals surface area (Å²) in [6.45, 7) is 4.61. The van der Waals surface area contributed by atoms with Gasteiger partial charge in [0.1, 0.15) is 0 Å². The smallest absolute Gasteiger partial charge is 0.0701 e. The maximum absolute atomic E-state index is 3.73. The zero-order chi connectivity index (χ0) is 10.8. The van der Waals surface area contributed by atoms with Gasteiger partial charge in [0.05, 0.1) is 3.79 Å². The van der Waals surface area contributed by atoms with Crippen LogP contribution in [-0.4, -0.2) is 22.3 Å². The van der Waals surface area contributed by atoms with Crippen LogP contribution in [0.1, 0.15) is 24.6 Å². The fourth-order valence-corrected chi connectivity index (χ4v) is 4.13. The van der Waals surface area contributed by atoms with Crippen LogP contribution >= 0.6 is 43.2 Å². The highest BCUT2D eigenvalue weighted by Crippen LogP contribution is 2.27. The molecule has 2 unspecified atom stereocenters. The number of hydrogen-bond acceptors (Lipinski definition) is 2. The molecule has 2 atom stereocenters. The summed E-state index contributed by atoms with van der Waals surface area (Å²) in [6.07, 6.45) is 2.62. The molecule has 1 saturated heterocycles. The lowest BCUT2D eigenvalue weighted by atomic mass is 10.0. The Balaban J connectivity index is 1.98. The van der Waals surface area contributed by atoms with Crippen LogP contribution in [0.25, 0.3) is 0 Å². The molecule has 2 heterocycles. The highest BCUT2D eigenvalue weighted by Gasteiger charge is 2.23. The van der Waals surface area contributed by atoms with Crippen molar-refractivity contribution in [2.75, 3.05) is 6.54 Å². The number of nitrogens with zero attached hydrogens (tertiary/aromatic N) is 1. The van der Waals surface area contributed by atoms with Crippen LogP contribution in [-0.2, 0) is 6.54 Å². The van der Waals surface area contributed by atoms with Crippen molar-refractivity contribution in [2.45, 2.75) is 37.2 Å². The summed E-state index contributed by atoms with van der Waals surface area (Å²) >= 11 is 9.09. The van der Waals surface area contributed by atoms with Crippen LogP contribution in [0.4, 0.5) is 0 Å². The van der Waals surface area contributed by atoms with E-state index >= 15 is 0 Å². The lowest BCUT2D eigenvalue weighted by molar-refractivity contribution is 0.160. The van der Waals surface area contributed by atoms with Gasteiger partial charge < -0.3 is 0 Å². The number of alkyl halides is 1. The second-order valence-corrected chi connectivity index (χ2v) is 8.00. The Morgan fingerprint density at radius 3 is 2.93 bits per heavy atom. The van der Waals surface area contributed by atoms with Gasteiger partial charge in [-0.05, 0) is 47.8 Å². The van der Waals surface area contributed by atoms with Crippen molar-refractivity contribution in [1.29, 1.82) is 0 Å². The largest absolute Gasteiger partial charge is 0.294 e. The van der Waals surface area contributed by atoms with E-state index in [0.29, 0.717) is 4.83 Å². The summed E-state index contributed by atoms with van der Waals surface area (Å²) in [4.78, 5) is 4.70. The Bertz CT molecular complexity index is 326. The third-order valence-corrected chi connectivity index (χ3v) is 5.30. The van der Waals surface area contributed by atoms with E-state index in [1.54, 1.807) is 0 Å². The average molecular weight is 353 g/mol. The normalized spacial score (nSPS) is 28.2. The molecule has 1 aromatic rings. The topological polar surface area (TPSA) is 3.24 Å². The molecule has 0 bridgehead atoms. The molecule has 0 spiro atoms. The molecular formula is C11H15Br2NS. The van der Waals surface area contributed by atoms with E-state index in [1.807, 2.05) is 11.3 Å². The number of likely N-dealkylation sites (tertiary alicyclic amines) is 1. The van der Waals surface area contributed by atoms with Crippen molar-refractivity contribution in [2.24, 2.45) is 0 Å². The Hall–Kier alpha value is 0.620. The van der Waals surface area contributed by atoms with E-state index in [9.17, 15) is 0 Å². The Morgan fingerprint density at radius 2 is 2.27 bits per heavy atom. The lowest BCUT2D eigenvalue weighted by Crippen LogP contribution is -2.41. The molecule has 0 aliphatic carbocycles. The first kappa shape index (κ1) is 12.1. The zero-order valence-corrected chi connectivity index (χ0v) is 12.7. The summed E-state index contributed by atoms with van der Waals surface area (Å²) < 4.78 is 1.23. The van der Waals surface area contributed by atoms with Crippen molar-refractivity contribution >= 4 is 43.2 Å². The molecule has 1 aliphatic rings. The molecule has 4 heteroatoms. The molecule has 0 N–H and O–H groups in total. The van der Waals surface area contributed by atoms with Gasteiger partial charge in [-0.25, -0.2) is 0 Å². The lowest BCUT2D eigenvalue weighted by Gasteiger charge is -2.35. The molecule has 84 valence electrons. The van der Waals surface area contributed by atoms with Crippen molar-refractivity contribution in [3.8, 4) is 0 Å². The third-order valence-electron chi connectivity index (χ3n) is 2.94. The number of halogens is 2. The summed E-state index contributed by atoms with van der Waals surface area (Å²) in [6, 6.07) is 5.08. The van der Waals surface area contributed by atoms with E-state index in [2.05, 4.69) is 55.8 Å². The molecule has 15 heavy (non-hydrogen) atoms. The molecule has 0 radical (unpaired) electrons. The summed E-state index contributed by atoms with van der Waals surface area (Å²) in [5, 5.41) is 0. The maximum atomic E-state index is 3.73. The third kappa shape index (κ3) is 3.29. The molecule has 1 aromatic heterocycles. The van der Waals surface area contributed by atoms with Gasteiger partial charge in [-0.2, -0.15) is 0 Å². The average Bonchev–Trinajstić information content (AvgIpc) is 2.58. The Morgan fingerprint density at radius 1 is 1.47 bits per heavy atom. The van der Waals surface area contributed by atoms with Crippen LogP contribution in [0.2, 0.25) is 0 Å². The molecule has 1 fully saturated rings. The van der Waals surface area contributed by atoms with E-state index in [4.69, 9.17) is 0 Å². The second-order valence-electron chi connectivity index (χ2n) is 4.16. The molecule has 0 aromatic carbocycles. The van der Waals surface area contributed by atoms with E-state index in [0.717, 1.165) is 12.6 Å². The fraction of sp³-hybridized carbons (Fsp3) is 0.636.